The molecule has 0 aliphatic heterocycles. The first-order chi connectivity index (χ1) is 17.2. The van der Waals surface area contributed by atoms with Gasteiger partial charge in [-0.25, -0.2) is 0 Å². The number of benzene rings is 2. The molecule has 182 valence electrons. The number of halogens is 3. The molecule has 0 aliphatic carbocycles. The average Bonchev–Trinajstić information content (AvgIpc) is 3.34. The summed E-state index contributed by atoms with van der Waals surface area (Å²) in [5.74, 6) is -1.03. The lowest BCUT2D eigenvalue weighted by atomic mass is 10.2. The van der Waals surface area contributed by atoms with E-state index in [2.05, 4.69) is 20.5 Å². The number of nitrogens with zero attached hydrogens (tertiary/aromatic N) is 3. The molecule has 36 heavy (non-hydrogen) atoms. The van der Waals surface area contributed by atoms with Gasteiger partial charge in [-0.3, -0.25) is 14.6 Å². The molecule has 12 heteroatoms. The summed E-state index contributed by atoms with van der Waals surface area (Å²) in [6, 6.07) is 14.2. The standard InChI is InChI=1S/C24H16F3N5O4/c25-24(26,27)15-4-2-5-16(12-15)30-20(33)8-7-14-3-1-6-17(11-14)35-18-9-10-29-19(13-18)22-31-32-23(36-22)21(28)34/h1-13H,(H2,28,34)(H,30,33). The zero-order chi connectivity index (χ0) is 25.7. The van der Waals surface area contributed by atoms with Crippen LogP contribution in [0.5, 0.6) is 11.5 Å². The van der Waals surface area contributed by atoms with Crippen molar-refractivity contribution in [3.8, 4) is 23.1 Å². The molecule has 2 amide bonds. The molecular weight excluding hydrogens is 479 g/mol. The molecule has 0 aliphatic rings. The van der Waals surface area contributed by atoms with Crippen LogP contribution in [0.1, 0.15) is 21.8 Å². The fourth-order valence-corrected chi connectivity index (χ4v) is 2.96. The van der Waals surface area contributed by atoms with Gasteiger partial charge in [-0.05, 0) is 48.0 Å². The van der Waals surface area contributed by atoms with Crippen molar-refractivity contribution in [1.82, 2.24) is 15.2 Å². The molecule has 0 fully saturated rings. The number of hydrogen-bond donors (Lipinski definition) is 2. The molecule has 0 unspecified atom stereocenters. The monoisotopic (exact) mass is 495 g/mol. The quantitative estimate of drug-likeness (QED) is 0.355. The molecule has 0 saturated heterocycles. The van der Waals surface area contributed by atoms with Crippen LogP contribution in [0, 0.1) is 0 Å². The van der Waals surface area contributed by atoms with Gasteiger partial charge in [0.2, 0.25) is 5.91 Å². The van der Waals surface area contributed by atoms with E-state index in [-0.39, 0.29) is 23.2 Å². The number of carbonyl (C=O) groups is 2. The maximum Gasteiger partial charge on any atom is 0.416 e. The van der Waals surface area contributed by atoms with Crippen molar-refractivity contribution in [2.45, 2.75) is 6.18 Å². The Kier molecular flexibility index (Phi) is 6.77. The van der Waals surface area contributed by atoms with Gasteiger partial charge in [-0.1, -0.05) is 18.2 Å². The Labute approximate surface area is 201 Å². The van der Waals surface area contributed by atoms with Gasteiger partial charge in [0.25, 0.3) is 5.89 Å². The minimum absolute atomic E-state index is 0.0160. The second-order valence-corrected chi connectivity index (χ2v) is 7.23. The van der Waals surface area contributed by atoms with E-state index in [1.165, 1.54) is 36.5 Å². The number of amides is 2. The molecule has 2 aromatic carbocycles. The number of primary amides is 1. The van der Waals surface area contributed by atoms with Gasteiger partial charge in [-0.2, -0.15) is 13.2 Å². The van der Waals surface area contributed by atoms with E-state index in [4.69, 9.17) is 14.9 Å². The number of nitrogens with one attached hydrogen (secondary N) is 1. The van der Waals surface area contributed by atoms with E-state index in [9.17, 15) is 22.8 Å². The summed E-state index contributed by atoms with van der Waals surface area (Å²) >= 11 is 0. The fraction of sp³-hybridized carbons (Fsp3) is 0.0417. The van der Waals surface area contributed by atoms with Crippen LogP contribution in [0.2, 0.25) is 0 Å². The minimum atomic E-state index is -4.51. The number of aromatic nitrogens is 3. The highest BCUT2D eigenvalue weighted by molar-refractivity contribution is 6.02. The van der Waals surface area contributed by atoms with Crippen LogP contribution in [0.25, 0.3) is 17.7 Å². The lowest BCUT2D eigenvalue weighted by molar-refractivity contribution is -0.137. The first-order valence-corrected chi connectivity index (χ1v) is 10.2. The third-order valence-corrected chi connectivity index (χ3v) is 4.56. The SMILES string of the molecule is NC(=O)c1nnc(-c2cc(Oc3cccc(C=CC(=O)Nc4cccc(C(F)(F)F)c4)c3)ccn2)o1. The fourth-order valence-electron chi connectivity index (χ4n) is 2.96. The summed E-state index contributed by atoms with van der Waals surface area (Å²) in [6.07, 6.45) is -0.390. The lowest BCUT2D eigenvalue weighted by Gasteiger charge is -2.09. The van der Waals surface area contributed by atoms with Crippen LogP contribution in [-0.2, 0) is 11.0 Å². The van der Waals surface area contributed by atoms with E-state index >= 15 is 0 Å². The highest BCUT2D eigenvalue weighted by atomic mass is 19.4. The number of alkyl halides is 3. The molecule has 0 spiro atoms. The van der Waals surface area contributed by atoms with Crippen LogP contribution in [0.3, 0.4) is 0 Å². The Balaban J connectivity index is 1.43. The minimum Gasteiger partial charge on any atom is -0.457 e. The zero-order valence-electron chi connectivity index (χ0n) is 18.2. The second-order valence-electron chi connectivity index (χ2n) is 7.23. The van der Waals surface area contributed by atoms with Crippen LogP contribution in [0.4, 0.5) is 18.9 Å². The van der Waals surface area contributed by atoms with E-state index in [0.717, 1.165) is 12.1 Å². The number of carbonyl (C=O) groups excluding carboxylic acids is 2. The predicted octanol–water partition coefficient (Wildman–Crippen LogP) is 4.69. The maximum absolute atomic E-state index is 12.8. The first kappa shape index (κ1) is 24.1. The Hall–Kier alpha value is -5.00. The summed E-state index contributed by atoms with van der Waals surface area (Å²) in [4.78, 5) is 27.4. The molecule has 0 saturated carbocycles. The molecule has 2 heterocycles. The molecule has 4 rings (SSSR count). The number of anilines is 1. The van der Waals surface area contributed by atoms with Crippen LogP contribution >= 0.6 is 0 Å². The molecule has 0 radical (unpaired) electrons. The van der Waals surface area contributed by atoms with E-state index in [1.54, 1.807) is 30.3 Å². The van der Waals surface area contributed by atoms with Gasteiger partial charge in [0.05, 0.1) is 5.56 Å². The predicted molar refractivity (Wildman–Crippen MR) is 122 cm³/mol. The number of nitrogens with two attached hydrogens (primary N) is 1. The van der Waals surface area contributed by atoms with E-state index < -0.39 is 23.6 Å². The van der Waals surface area contributed by atoms with Gasteiger partial charge in [0.1, 0.15) is 17.2 Å². The average molecular weight is 495 g/mol. The van der Waals surface area contributed by atoms with Crippen molar-refractivity contribution in [2.75, 3.05) is 5.32 Å². The number of pyridine rings is 1. The van der Waals surface area contributed by atoms with Gasteiger partial charge in [0, 0.05) is 24.0 Å². The second kappa shape index (κ2) is 10.1. The first-order valence-electron chi connectivity index (χ1n) is 10.2. The number of hydrogen-bond acceptors (Lipinski definition) is 7. The third kappa shape index (κ3) is 6.11. The zero-order valence-corrected chi connectivity index (χ0v) is 18.2. The Bertz CT molecular complexity index is 1450. The van der Waals surface area contributed by atoms with Crippen LogP contribution in [-0.4, -0.2) is 27.0 Å². The van der Waals surface area contributed by atoms with Gasteiger partial charge < -0.3 is 20.2 Å². The normalized spacial score (nSPS) is 11.4. The van der Waals surface area contributed by atoms with Crippen molar-refractivity contribution in [3.05, 3.63) is 90.0 Å². The lowest BCUT2D eigenvalue weighted by Crippen LogP contribution is -2.10. The van der Waals surface area contributed by atoms with Gasteiger partial charge in [0.15, 0.2) is 0 Å². The molecule has 2 aromatic heterocycles. The van der Waals surface area contributed by atoms with E-state index in [0.29, 0.717) is 17.1 Å². The van der Waals surface area contributed by atoms with Crippen molar-refractivity contribution >= 4 is 23.6 Å². The molecule has 9 nitrogen and oxygen atoms in total. The molecule has 0 bridgehead atoms. The summed E-state index contributed by atoms with van der Waals surface area (Å²) < 4.78 is 49.5. The Morgan fingerprint density at radius 3 is 2.53 bits per heavy atom. The van der Waals surface area contributed by atoms with Crippen molar-refractivity contribution in [1.29, 1.82) is 0 Å². The molecular formula is C24H16F3N5O4. The van der Waals surface area contributed by atoms with Gasteiger partial charge >= 0.3 is 18.0 Å². The van der Waals surface area contributed by atoms with Crippen molar-refractivity contribution in [2.24, 2.45) is 5.73 Å². The highest BCUT2D eigenvalue weighted by Gasteiger charge is 2.30. The molecule has 4 aromatic rings. The van der Waals surface area contributed by atoms with Crippen molar-refractivity contribution in [3.63, 3.8) is 0 Å². The third-order valence-electron chi connectivity index (χ3n) is 4.56. The highest BCUT2D eigenvalue weighted by Crippen LogP contribution is 2.31. The Morgan fingerprint density at radius 2 is 1.78 bits per heavy atom. The number of ether oxygens (including phenoxy) is 1. The largest absolute Gasteiger partial charge is 0.457 e. The van der Waals surface area contributed by atoms with Gasteiger partial charge in [-0.15, -0.1) is 10.2 Å². The van der Waals surface area contributed by atoms with Crippen LogP contribution in [0.15, 0.2) is 77.4 Å². The smallest absolute Gasteiger partial charge is 0.416 e. The summed E-state index contributed by atoms with van der Waals surface area (Å²) in [5, 5.41) is 9.65. The summed E-state index contributed by atoms with van der Waals surface area (Å²) in [6.45, 7) is 0. The summed E-state index contributed by atoms with van der Waals surface area (Å²) in [7, 11) is 0. The van der Waals surface area contributed by atoms with Crippen molar-refractivity contribution < 1.29 is 31.9 Å². The topological polar surface area (TPSA) is 133 Å². The molecule has 3 N–H and O–H groups in total. The summed E-state index contributed by atoms with van der Waals surface area (Å²) in [5.41, 5.74) is 5.12. The molecule has 0 atom stereocenters. The Morgan fingerprint density at radius 1 is 1.00 bits per heavy atom. The maximum atomic E-state index is 12.8. The number of rotatable bonds is 7. The van der Waals surface area contributed by atoms with Crippen LogP contribution < -0.4 is 15.8 Å². The van der Waals surface area contributed by atoms with E-state index in [1.807, 2.05) is 0 Å².